The molecule has 3 rings (SSSR count). The zero-order valence-corrected chi connectivity index (χ0v) is 13.8. The average Bonchev–Trinajstić information content (AvgIpc) is 3.09. The molecule has 3 fully saturated rings. The Hall–Kier alpha value is -1.10. The smallest absolute Gasteiger partial charge is 0.310 e. The first-order valence-corrected chi connectivity index (χ1v) is 8.88. The van der Waals surface area contributed by atoms with Gasteiger partial charge in [0.05, 0.1) is 18.6 Å². The van der Waals surface area contributed by atoms with E-state index >= 15 is 0 Å². The Labute approximate surface area is 132 Å². The van der Waals surface area contributed by atoms with Crippen molar-refractivity contribution >= 4 is 11.9 Å². The van der Waals surface area contributed by atoms with E-state index in [-0.39, 0.29) is 23.8 Å². The summed E-state index contributed by atoms with van der Waals surface area (Å²) in [6, 6.07) is 0.426. The highest BCUT2D eigenvalue weighted by Crippen LogP contribution is 2.41. The number of ether oxygens (including phenoxy) is 1. The van der Waals surface area contributed by atoms with Gasteiger partial charge in [-0.1, -0.05) is 19.3 Å². The summed E-state index contributed by atoms with van der Waals surface area (Å²) in [7, 11) is 0. The SMILES string of the molecule is CCOC(=O)C(C)[C@H]1C[C@@H](C2CCCCC2)N2CCC(=O)N12. The molecule has 124 valence electrons. The van der Waals surface area contributed by atoms with E-state index in [1.165, 1.54) is 32.1 Å². The molecule has 0 aromatic heterocycles. The van der Waals surface area contributed by atoms with Crippen LogP contribution in [0.25, 0.3) is 0 Å². The van der Waals surface area contributed by atoms with Gasteiger partial charge in [-0.05, 0) is 39.0 Å². The highest BCUT2D eigenvalue weighted by atomic mass is 16.5. The van der Waals surface area contributed by atoms with Crippen molar-refractivity contribution in [3.05, 3.63) is 0 Å². The number of amides is 1. The summed E-state index contributed by atoms with van der Waals surface area (Å²) >= 11 is 0. The number of carbonyl (C=O) groups is 2. The van der Waals surface area contributed by atoms with Crippen LogP contribution in [0.2, 0.25) is 0 Å². The molecular formula is C17H28N2O3. The van der Waals surface area contributed by atoms with E-state index in [1.54, 1.807) is 0 Å². The highest BCUT2D eigenvalue weighted by Gasteiger charge is 2.51. The number of hydrogen-bond acceptors (Lipinski definition) is 4. The summed E-state index contributed by atoms with van der Waals surface area (Å²) in [5.74, 6) is 0.454. The molecule has 3 aliphatic rings. The number of rotatable bonds is 4. The summed E-state index contributed by atoms with van der Waals surface area (Å²) in [5, 5.41) is 4.18. The molecule has 1 amide bonds. The van der Waals surface area contributed by atoms with E-state index in [9.17, 15) is 9.59 Å². The molecule has 1 aliphatic carbocycles. The summed E-state index contributed by atoms with van der Waals surface area (Å²) < 4.78 is 5.19. The fraction of sp³-hybridized carbons (Fsp3) is 0.882. The third-order valence-corrected chi connectivity index (χ3v) is 5.70. The van der Waals surface area contributed by atoms with Crippen molar-refractivity contribution in [1.82, 2.24) is 10.0 Å². The topological polar surface area (TPSA) is 49.9 Å². The van der Waals surface area contributed by atoms with Crippen LogP contribution in [0, 0.1) is 11.8 Å². The Balaban J connectivity index is 1.76. The lowest BCUT2D eigenvalue weighted by Gasteiger charge is -2.34. The molecule has 1 saturated carbocycles. The zero-order valence-electron chi connectivity index (χ0n) is 13.8. The lowest BCUT2D eigenvalue weighted by atomic mass is 9.81. The molecule has 2 aliphatic heterocycles. The highest BCUT2D eigenvalue weighted by molar-refractivity contribution is 5.80. The third-order valence-electron chi connectivity index (χ3n) is 5.70. The molecule has 2 saturated heterocycles. The molecule has 0 radical (unpaired) electrons. The Bertz CT molecular complexity index is 434. The van der Waals surface area contributed by atoms with Gasteiger partial charge in [-0.15, -0.1) is 0 Å². The number of fused-ring (bicyclic) bond motifs is 1. The normalized spacial score (nSPS) is 31.4. The largest absolute Gasteiger partial charge is 0.466 e. The molecule has 0 aromatic rings. The monoisotopic (exact) mass is 308 g/mol. The summed E-state index contributed by atoms with van der Waals surface area (Å²) in [6.45, 7) is 4.97. The Kier molecular flexibility index (Phi) is 4.71. The summed E-state index contributed by atoms with van der Waals surface area (Å²) in [5.41, 5.74) is 0. The van der Waals surface area contributed by atoms with Crippen LogP contribution in [0.1, 0.15) is 58.8 Å². The van der Waals surface area contributed by atoms with E-state index in [0.29, 0.717) is 25.0 Å². The molecule has 5 heteroatoms. The minimum absolute atomic E-state index is 0.0130. The number of nitrogens with zero attached hydrogens (tertiary/aromatic N) is 2. The van der Waals surface area contributed by atoms with Crippen molar-refractivity contribution in [3.8, 4) is 0 Å². The first-order chi connectivity index (χ1) is 10.6. The van der Waals surface area contributed by atoms with Crippen molar-refractivity contribution in [3.63, 3.8) is 0 Å². The van der Waals surface area contributed by atoms with Crippen LogP contribution < -0.4 is 0 Å². The molecule has 22 heavy (non-hydrogen) atoms. The van der Waals surface area contributed by atoms with Crippen LogP contribution in [-0.4, -0.2) is 47.1 Å². The van der Waals surface area contributed by atoms with Crippen molar-refractivity contribution in [2.45, 2.75) is 70.9 Å². The fourth-order valence-corrected chi connectivity index (χ4v) is 4.55. The molecule has 1 unspecified atom stereocenters. The molecule has 3 atom stereocenters. The van der Waals surface area contributed by atoms with Gasteiger partial charge in [-0.2, -0.15) is 0 Å². The van der Waals surface area contributed by atoms with Gasteiger partial charge in [0.1, 0.15) is 0 Å². The van der Waals surface area contributed by atoms with Crippen molar-refractivity contribution in [2.75, 3.05) is 13.2 Å². The Morgan fingerprint density at radius 3 is 2.73 bits per heavy atom. The number of carbonyl (C=O) groups excluding carboxylic acids is 2. The lowest BCUT2D eigenvalue weighted by Crippen LogP contribution is -2.45. The van der Waals surface area contributed by atoms with Gasteiger partial charge in [0.15, 0.2) is 0 Å². The second-order valence-electron chi connectivity index (χ2n) is 6.96. The van der Waals surface area contributed by atoms with Gasteiger partial charge in [0.2, 0.25) is 5.91 Å². The number of hydrazine groups is 1. The Morgan fingerprint density at radius 1 is 1.32 bits per heavy atom. The van der Waals surface area contributed by atoms with Crippen LogP contribution in [0.3, 0.4) is 0 Å². The van der Waals surface area contributed by atoms with Crippen molar-refractivity contribution in [2.24, 2.45) is 11.8 Å². The molecular weight excluding hydrogens is 280 g/mol. The van der Waals surface area contributed by atoms with E-state index in [0.717, 1.165) is 13.0 Å². The van der Waals surface area contributed by atoms with Crippen LogP contribution >= 0.6 is 0 Å². The first-order valence-electron chi connectivity index (χ1n) is 8.88. The van der Waals surface area contributed by atoms with E-state index < -0.39 is 0 Å². The fourth-order valence-electron chi connectivity index (χ4n) is 4.55. The first kappa shape index (κ1) is 15.8. The third kappa shape index (κ3) is 2.75. The maximum atomic E-state index is 12.3. The molecule has 2 heterocycles. The second kappa shape index (κ2) is 6.57. The van der Waals surface area contributed by atoms with Crippen molar-refractivity contribution < 1.29 is 14.3 Å². The predicted molar refractivity (Wildman–Crippen MR) is 82.7 cm³/mol. The zero-order chi connectivity index (χ0) is 15.7. The summed E-state index contributed by atoms with van der Waals surface area (Å²) in [4.78, 5) is 24.4. The maximum Gasteiger partial charge on any atom is 0.310 e. The number of esters is 1. The van der Waals surface area contributed by atoms with E-state index in [2.05, 4.69) is 5.01 Å². The quantitative estimate of drug-likeness (QED) is 0.748. The van der Waals surface area contributed by atoms with Gasteiger partial charge >= 0.3 is 5.97 Å². The predicted octanol–water partition coefficient (Wildman–Crippen LogP) is 2.36. The van der Waals surface area contributed by atoms with E-state index in [1.807, 2.05) is 18.9 Å². The minimum Gasteiger partial charge on any atom is -0.466 e. The van der Waals surface area contributed by atoms with Gasteiger partial charge < -0.3 is 4.74 Å². The van der Waals surface area contributed by atoms with E-state index in [4.69, 9.17) is 4.74 Å². The molecule has 0 aromatic carbocycles. The number of hydrogen-bond donors (Lipinski definition) is 0. The molecule has 0 bridgehead atoms. The molecule has 0 N–H and O–H groups in total. The van der Waals surface area contributed by atoms with Crippen LogP contribution in [0.4, 0.5) is 0 Å². The van der Waals surface area contributed by atoms with Gasteiger partial charge in [0.25, 0.3) is 0 Å². The standard InChI is InChI=1S/C17H28N2O3/c1-3-22-17(21)12(2)14-11-15(13-7-5-4-6-8-13)18-10-9-16(20)19(14)18/h12-15H,3-11H2,1-2H3/t12?,14-,15+/m1/s1. The van der Waals surface area contributed by atoms with Crippen molar-refractivity contribution in [1.29, 1.82) is 0 Å². The van der Waals surface area contributed by atoms with Crippen LogP contribution in [-0.2, 0) is 14.3 Å². The second-order valence-corrected chi connectivity index (χ2v) is 6.96. The maximum absolute atomic E-state index is 12.3. The average molecular weight is 308 g/mol. The minimum atomic E-state index is -0.238. The van der Waals surface area contributed by atoms with Gasteiger partial charge in [-0.3, -0.25) is 14.6 Å². The summed E-state index contributed by atoms with van der Waals surface area (Å²) in [6.07, 6.45) is 8.01. The molecule has 0 spiro atoms. The Morgan fingerprint density at radius 2 is 2.05 bits per heavy atom. The van der Waals surface area contributed by atoms with Gasteiger partial charge in [0, 0.05) is 19.0 Å². The van der Waals surface area contributed by atoms with Gasteiger partial charge in [-0.25, -0.2) is 5.01 Å². The molecule has 5 nitrogen and oxygen atoms in total. The lowest BCUT2D eigenvalue weighted by molar-refractivity contribution is -0.153. The van der Waals surface area contributed by atoms with Crippen LogP contribution in [0.15, 0.2) is 0 Å². The van der Waals surface area contributed by atoms with Crippen LogP contribution in [0.5, 0.6) is 0 Å².